The smallest absolute Gasteiger partial charge is 0.234 e. The molecule has 0 saturated heterocycles. The average molecular weight is 412 g/mol. The SMILES string of the molecule is CC(C)(C)[Si](C)(C)OCC1CCC(CN(Cc2ccccc2)S(=O)O)CC1. The molecule has 1 saturated carbocycles. The Labute approximate surface area is 169 Å². The number of rotatable bonds is 8. The van der Waals surface area contributed by atoms with Gasteiger partial charge in [0.15, 0.2) is 8.32 Å². The van der Waals surface area contributed by atoms with Gasteiger partial charge in [-0.15, -0.1) is 0 Å². The maximum Gasteiger partial charge on any atom is 0.234 e. The summed E-state index contributed by atoms with van der Waals surface area (Å²) in [6, 6.07) is 9.93. The van der Waals surface area contributed by atoms with Gasteiger partial charge in [-0.1, -0.05) is 51.1 Å². The van der Waals surface area contributed by atoms with Gasteiger partial charge in [0.25, 0.3) is 0 Å². The highest BCUT2D eigenvalue weighted by Crippen LogP contribution is 2.38. The molecule has 154 valence electrons. The molecule has 1 N–H and O–H groups in total. The Morgan fingerprint density at radius 3 is 2.19 bits per heavy atom. The lowest BCUT2D eigenvalue weighted by Gasteiger charge is -2.38. The predicted molar refractivity (Wildman–Crippen MR) is 116 cm³/mol. The highest BCUT2D eigenvalue weighted by molar-refractivity contribution is 7.76. The van der Waals surface area contributed by atoms with Crippen LogP contribution in [0.2, 0.25) is 18.1 Å². The molecule has 0 heterocycles. The van der Waals surface area contributed by atoms with Crippen LogP contribution < -0.4 is 0 Å². The molecule has 27 heavy (non-hydrogen) atoms. The molecule has 0 aliphatic heterocycles. The van der Waals surface area contributed by atoms with E-state index in [1.165, 1.54) is 0 Å². The highest BCUT2D eigenvalue weighted by atomic mass is 32.2. The molecule has 1 fully saturated rings. The zero-order valence-electron chi connectivity index (χ0n) is 17.6. The summed E-state index contributed by atoms with van der Waals surface area (Å²) in [5.74, 6) is 1.13. The maximum atomic E-state index is 11.8. The predicted octanol–water partition coefficient (Wildman–Crippen LogP) is 5.45. The summed E-state index contributed by atoms with van der Waals surface area (Å²) in [6.07, 6.45) is 4.56. The van der Waals surface area contributed by atoms with Gasteiger partial charge < -0.3 is 4.43 Å². The summed E-state index contributed by atoms with van der Waals surface area (Å²) in [7, 11) is -1.67. The molecule has 1 unspecified atom stereocenters. The van der Waals surface area contributed by atoms with Gasteiger partial charge in [-0.2, -0.15) is 4.31 Å². The Hall–Kier alpha value is -0.533. The third-order valence-corrected chi connectivity index (χ3v) is 11.6. The average Bonchev–Trinajstić information content (AvgIpc) is 2.60. The molecule has 1 aliphatic carbocycles. The van der Waals surface area contributed by atoms with E-state index in [9.17, 15) is 8.76 Å². The molecule has 4 nitrogen and oxygen atoms in total. The van der Waals surface area contributed by atoms with Crippen molar-refractivity contribution >= 4 is 19.6 Å². The Kier molecular flexibility index (Phi) is 8.25. The molecular formula is C21H37NO3SSi. The van der Waals surface area contributed by atoms with Gasteiger partial charge >= 0.3 is 0 Å². The maximum absolute atomic E-state index is 11.8. The minimum atomic E-state index is -1.93. The van der Waals surface area contributed by atoms with Crippen molar-refractivity contribution in [3.8, 4) is 0 Å². The first-order chi connectivity index (χ1) is 12.6. The molecule has 1 atom stereocenters. The molecular weight excluding hydrogens is 374 g/mol. The lowest BCUT2D eigenvalue weighted by molar-refractivity contribution is 0.160. The topological polar surface area (TPSA) is 49.8 Å². The first kappa shape index (κ1) is 22.8. The number of nitrogens with zero attached hydrogens (tertiary/aromatic N) is 1. The second-order valence-corrected chi connectivity index (χ2v) is 15.3. The Morgan fingerprint density at radius 1 is 1.11 bits per heavy atom. The fourth-order valence-corrected chi connectivity index (χ4v) is 5.07. The zero-order chi connectivity index (χ0) is 20.1. The van der Waals surface area contributed by atoms with Crippen LogP contribution in [-0.4, -0.2) is 34.5 Å². The fraction of sp³-hybridized carbons (Fsp3) is 0.714. The summed E-state index contributed by atoms with van der Waals surface area (Å²) in [6.45, 7) is 13.6. The van der Waals surface area contributed by atoms with E-state index in [1.54, 1.807) is 4.31 Å². The van der Waals surface area contributed by atoms with Gasteiger partial charge in [-0.05, 0) is 61.2 Å². The normalized spacial score (nSPS) is 22.8. The second kappa shape index (κ2) is 9.79. The second-order valence-electron chi connectivity index (χ2n) is 9.50. The van der Waals surface area contributed by atoms with Gasteiger partial charge in [0, 0.05) is 19.7 Å². The van der Waals surface area contributed by atoms with E-state index < -0.39 is 19.6 Å². The van der Waals surface area contributed by atoms with Crippen LogP contribution in [-0.2, 0) is 22.2 Å². The first-order valence-corrected chi connectivity index (χ1v) is 14.1. The molecule has 0 bridgehead atoms. The van der Waals surface area contributed by atoms with Gasteiger partial charge in [-0.25, -0.2) is 4.21 Å². The van der Waals surface area contributed by atoms with Crippen molar-refractivity contribution in [2.75, 3.05) is 13.2 Å². The molecule has 1 aromatic rings. The summed E-state index contributed by atoms with van der Waals surface area (Å²) in [4.78, 5) is 0. The number of hydrogen-bond acceptors (Lipinski definition) is 2. The van der Waals surface area contributed by atoms with Gasteiger partial charge in [0.05, 0.1) is 0 Å². The van der Waals surface area contributed by atoms with E-state index in [4.69, 9.17) is 4.43 Å². The van der Waals surface area contributed by atoms with Crippen LogP contribution in [0.5, 0.6) is 0 Å². The Bertz CT molecular complexity index is 595. The van der Waals surface area contributed by atoms with Gasteiger partial charge in [-0.3, -0.25) is 4.55 Å². The summed E-state index contributed by atoms with van der Waals surface area (Å²) in [5.41, 5.74) is 1.08. The van der Waals surface area contributed by atoms with E-state index in [0.717, 1.165) is 37.9 Å². The highest BCUT2D eigenvalue weighted by Gasteiger charge is 2.38. The van der Waals surface area contributed by atoms with Crippen LogP contribution in [0.4, 0.5) is 0 Å². The van der Waals surface area contributed by atoms with Crippen molar-refractivity contribution < 1.29 is 13.2 Å². The van der Waals surface area contributed by atoms with Crippen LogP contribution in [0, 0.1) is 11.8 Å². The number of benzene rings is 1. The molecule has 0 spiro atoms. The van der Waals surface area contributed by atoms with E-state index >= 15 is 0 Å². The largest absolute Gasteiger partial charge is 0.417 e. The molecule has 0 aromatic heterocycles. The van der Waals surface area contributed by atoms with Crippen LogP contribution in [0.15, 0.2) is 30.3 Å². The van der Waals surface area contributed by atoms with Gasteiger partial charge in [0.1, 0.15) is 0 Å². The quantitative estimate of drug-likeness (QED) is 0.457. The summed E-state index contributed by atoms with van der Waals surface area (Å²) >= 11 is -1.93. The molecule has 2 rings (SSSR count). The fourth-order valence-electron chi connectivity index (χ4n) is 3.38. The Morgan fingerprint density at radius 2 is 1.67 bits per heavy atom. The zero-order valence-corrected chi connectivity index (χ0v) is 19.4. The van der Waals surface area contributed by atoms with Crippen molar-refractivity contribution in [2.24, 2.45) is 11.8 Å². The van der Waals surface area contributed by atoms with Crippen molar-refractivity contribution in [1.29, 1.82) is 0 Å². The molecule has 0 radical (unpaired) electrons. The van der Waals surface area contributed by atoms with Gasteiger partial charge in [0.2, 0.25) is 11.3 Å². The van der Waals surface area contributed by atoms with Crippen LogP contribution in [0.1, 0.15) is 52.0 Å². The molecule has 0 amide bonds. The monoisotopic (exact) mass is 411 g/mol. The van der Waals surface area contributed by atoms with Crippen molar-refractivity contribution in [3.63, 3.8) is 0 Å². The minimum absolute atomic E-state index is 0.257. The third kappa shape index (κ3) is 7.09. The van der Waals surface area contributed by atoms with E-state index in [0.29, 0.717) is 24.9 Å². The van der Waals surface area contributed by atoms with Crippen molar-refractivity contribution in [1.82, 2.24) is 4.31 Å². The first-order valence-electron chi connectivity index (χ1n) is 10.1. The molecule has 6 heteroatoms. The van der Waals surface area contributed by atoms with Crippen molar-refractivity contribution in [2.45, 2.75) is 71.1 Å². The number of hydrogen-bond donors (Lipinski definition) is 1. The minimum Gasteiger partial charge on any atom is -0.417 e. The molecule has 1 aliphatic rings. The van der Waals surface area contributed by atoms with E-state index in [2.05, 4.69) is 33.9 Å². The summed E-state index contributed by atoms with van der Waals surface area (Å²) in [5, 5.41) is 0.257. The van der Waals surface area contributed by atoms with Crippen molar-refractivity contribution in [3.05, 3.63) is 35.9 Å². The lowest BCUT2D eigenvalue weighted by atomic mass is 9.82. The third-order valence-electron chi connectivity index (χ3n) is 6.34. The lowest BCUT2D eigenvalue weighted by Crippen LogP contribution is -2.42. The standard InChI is InChI=1S/C21H37NO3SSi/c1-21(2,3)27(4,5)25-17-20-13-11-19(12-14-20)16-22(26(23)24)15-18-9-7-6-8-10-18/h6-10,19-20H,11-17H2,1-5H3,(H,23,24). The van der Waals surface area contributed by atoms with Crippen LogP contribution in [0.3, 0.4) is 0 Å². The van der Waals surface area contributed by atoms with E-state index in [1.807, 2.05) is 30.3 Å². The van der Waals surface area contributed by atoms with Crippen LogP contribution >= 0.6 is 0 Å². The van der Waals surface area contributed by atoms with Crippen LogP contribution in [0.25, 0.3) is 0 Å². The summed E-state index contributed by atoms with van der Waals surface area (Å²) < 4.78 is 29.6. The molecule has 1 aromatic carbocycles. The Balaban J connectivity index is 1.79. The van der Waals surface area contributed by atoms with E-state index in [-0.39, 0.29) is 5.04 Å².